The molecule has 0 aromatic heterocycles. The molecular weight excluding hydrogens is 336 g/mol. The second kappa shape index (κ2) is 8.98. The highest BCUT2D eigenvalue weighted by molar-refractivity contribution is 5.88. The van der Waals surface area contributed by atoms with Gasteiger partial charge >= 0.3 is 0 Å². The first kappa shape index (κ1) is 18.6. The molecule has 2 fully saturated rings. The second-order valence-corrected chi connectivity index (χ2v) is 6.64. The van der Waals surface area contributed by atoms with Gasteiger partial charge in [-0.25, -0.2) is 5.84 Å². The lowest BCUT2D eigenvalue weighted by atomic mass is 10.1. The van der Waals surface area contributed by atoms with E-state index in [1.54, 1.807) is 0 Å². The van der Waals surface area contributed by atoms with Gasteiger partial charge < -0.3 is 14.8 Å². The first-order valence-electron chi connectivity index (χ1n) is 9.00. The summed E-state index contributed by atoms with van der Waals surface area (Å²) in [4.78, 5) is 25.7. The lowest BCUT2D eigenvalue weighted by Gasteiger charge is -2.34. The molecule has 1 aromatic rings. The summed E-state index contributed by atoms with van der Waals surface area (Å²) in [6.45, 7) is 3.23. The van der Waals surface area contributed by atoms with Gasteiger partial charge in [0.05, 0.1) is 18.6 Å². The summed E-state index contributed by atoms with van der Waals surface area (Å²) in [5.74, 6) is 5.46. The molecule has 2 saturated heterocycles. The topological polar surface area (TPSA) is 106 Å². The van der Waals surface area contributed by atoms with Crippen LogP contribution in [0.2, 0.25) is 0 Å². The molecule has 4 N–H and O–H groups in total. The molecule has 2 heterocycles. The van der Waals surface area contributed by atoms with Crippen molar-refractivity contribution in [3.8, 4) is 5.75 Å². The van der Waals surface area contributed by atoms with Gasteiger partial charge in [-0.2, -0.15) is 0 Å². The molecule has 2 aliphatic rings. The molecule has 0 spiro atoms. The number of nitrogens with one attached hydrogen (secondary N) is 2. The quantitative estimate of drug-likeness (QED) is 0.356. The molecule has 0 saturated carbocycles. The van der Waals surface area contributed by atoms with Crippen molar-refractivity contribution >= 4 is 11.8 Å². The Morgan fingerprint density at radius 1 is 1.38 bits per heavy atom. The van der Waals surface area contributed by atoms with Crippen LogP contribution in [0.3, 0.4) is 0 Å². The van der Waals surface area contributed by atoms with Crippen molar-refractivity contribution in [1.82, 2.24) is 15.6 Å². The molecule has 3 rings (SSSR count). The van der Waals surface area contributed by atoms with Crippen LogP contribution >= 0.6 is 0 Å². The molecule has 0 radical (unpaired) electrons. The van der Waals surface area contributed by atoms with Crippen molar-refractivity contribution in [2.24, 2.45) is 5.84 Å². The highest BCUT2D eigenvalue weighted by atomic mass is 16.5. The second-order valence-electron chi connectivity index (χ2n) is 6.64. The number of hydrogen-bond acceptors (Lipinski definition) is 6. The monoisotopic (exact) mass is 362 g/mol. The summed E-state index contributed by atoms with van der Waals surface area (Å²) in [5, 5.41) is 2.80. The minimum absolute atomic E-state index is 0.0465. The Hall–Kier alpha value is -2.16. The maximum Gasteiger partial charge on any atom is 0.237 e. The number of nitrogens with two attached hydrogens (primary N) is 1. The van der Waals surface area contributed by atoms with E-state index in [0.717, 1.165) is 30.8 Å². The third-order valence-corrected chi connectivity index (χ3v) is 4.75. The zero-order chi connectivity index (χ0) is 18.4. The number of carbonyl (C=O) groups excluding carboxylic acids is 2. The van der Waals surface area contributed by atoms with Gasteiger partial charge in [0, 0.05) is 26.2 Å². The fourth-order valence-electron chi connectivity index (χ4n) is 3.30. The highest BCUT2D eigenvalue weighted by Crippen LogP contribution is 2.19. The van der Waals surface area contributed by atoms with Crippen LogP contribution in [0.15, 0.2) is 24.3 Å². The Morgan fingerprint density at radius 2 is 2.19 bits per heavy atom. The summed E-state index contributed by atoms with van der Waals surface area (Å²) < 4.78 is 11.3. The van der Waals surface area contributed by atoms with Crippen molar-refractivity contribution in [3.05, 3.63) is 29.8 Å². The Bertz CT molecular complexity index is 616. The van der Waals surface area contributed by atoms with Crippen molar-refractivity contribution in [3.63, 3.8) is 0 Å². The van der Waals surface area contributed by atoms with Gasteiger partial charge in [-0.3, -0.25) is 19.9 Å². The molecule has 2 unspecified atom stereocenters. The standard InChI is InChI=1S/C18H26N4O4/c19-21-17(23)10-16-18(24)20-7-8-22(16)11-13-3-5-14(6-4-13)26-12-15-2-1-9-25-15/h3-6,15-16H,1-2,7-12,19H2,(H,20,24)(H,21,23). The van der Waals surface area contributed by atoms with E-state index < -0.39 is 6.04 Å². The number of nitrogens with zero attached hydrogens (tertiary/aromatic N) is 1. The van der Waals surface area contributed by atoms with Gasteiger partial charge in [0.1, 0.15) is 12.4 Å². The lowest BCUT2D eigenvalue weighted by molar-refractivity contribution is -0.134. The van der Waals surface area contributed by atoms with Crippen LogP contribution in [-0.2, 0) is 20.9 Å². The molecule has 0 aliphatic carbocycles. The molecule has 1 aromatic carbocycles. The SMILES string of the molecule is NNC(=O)CC1C(=O)NCCN1Cc1ccc(OCC2CCCO2)cc1. The van der Waals surface area contributed by atoms with Gasteiger partial charge in [-0.15, -0.1) is 0 Å². The fraction of sp³-hybridized carbons (Fsp3) is 0.556. The Balaban J connectivity index is 1.55. The summed E-state index contributed by atoms with van der Waals surface area (Å²) in [7, 11) is 0. The largest absolute Gasteiger partial charge is 0.491 e. The summed E-state index contributed by atoms with van der Waals surface area (Å²) >= 11 is 0. The zero-order valence-corrected chi connectivity index (χ0v) is 14.8. The summed E-state index contributed by atoms with van der Waals surface area (Å²) in [6, 6.07) is 7.31. The van der Waals surface area contributed by atoms with E-state index in [9.17, 15) is 9.59 Å². The van der Waals surface area contributed by atoms with E-state index in [1.165, 1.54) is 0 Å². The normalized spacial score (nSPS) is 23.5. The third kappa shape index (κ3) is 4.94. The van der Waals surface area contributed by atoms with E-state index in [-0.39, 0.29) is 24.3 Å². The van der Waals surface area contributed by atoms with Crippen molar-refractivity contribution in [1.29, 1.82) is 0 Å². The molecule has 2 aliphatic heterocycles. The van der Waals surface area contributed by atoms with Crippen molar-refractivity contribution < 1.29 is 19.1 Å². The number of piperazine rings is 1. The first-order chi connectivity index (χ1) is 12.7. The van der Waals surface area contributed by atoms with Gasteiger partial charge in [-0.1, -0.05) is 12.1 Å². The highest BCUT2D eigenvalue weighted by Gasteiger charge is 2.31. The molecule has 0 bridgehead atoms. The smallest absolute Gasteiger partial charge is 0.237 e. The van der Waals surface area contributed by atoms with Crippen LogP contribution in [0, 0.1) is 0 Å². The van der Waals surface area contributed by atoms with Gasteiger partial charge in [0.2, 0.25) is 11.8 Å². The van der Waals surface area contributed by atoms with Crippen LogP contribution in [0.25, 0.3) is 0 Å². The van der Waals surface area contributed by atoms with Crippen molar-refractivity contribution in [2.75, 3.05) is 26.3 Å². The first-order valence-corrected chi connectivity index (χ1v) is 9.00. The average Bonchev–Trinajstić information content (AvgIpc) is 3.17. The van der Waals surface area contributed by atoms with E-state index in [1.807, 2.05) is 29.2 Å². The van der Waals surface area contributed by atoms with Gasteiger partial charge in [0.15, 0.2) is 0 Å². The van der Waals surface area contributed by atoms with Crippen LogP contribution in [0.1, 0.15) is 24.8 Å². The van der Waals surface area contributed by atoms with E-state index in [2.05, 4.69) is 10.7 Å². The zero-order valence-electron chi connectivity index (χ0n) is 14.8. The minimum atomic E-state index is -0.511. The van der Waals surface area contributed by atoms with Gasteiger partial charge in [-0.05, 0) is 30.5 Å². The summed E-state index contributed by atoms with van der Waals surface area (Å²) in [6.07, 6.45) is 2.38. The third-order valence-electron chi connectivity index (χ3n) is 4.75. The number of carbonyl (C=O) groups is 2. The number of rotatable bonds is 7. The van der Waals surface area contributed by atoms with Crippen molar-refractivity contribution in [2.45, 2.75) is 38.0 Å². The Labute approximate surface area is 153 Å². The molecule has 8 heteroatoms. The molecule has 142 valence electrons. The van der Waals surface area contributed by atoms with Crippen LogP contribution < -0.4 is 21.3 Å². The molecule has 26 heavy (non-hydrogen) atoms. The van der Waals surface area contributed by atoms with E-state index >= 15 is 0 Å². The van der Waals surface area contributed by atoms with Crippen LogP contribution in [0.5, 0.6) is 5.75 Å². The van der Waals surface area contributed by atoms with Crippen LogP contribution in [-0.4, -0.2) is 55.2 Å². The number of benzene rings is 1. The predicted molar refractivity (Wildman–Crippen MR) is 95.1 cm³/mol. The van der Waals surface area contributed by atoms with Gasteiger partial charge in [0.25, 0.3) is 0 Å². The molecular formula is C18H26N4O4. The lowest BCUT2D eigenvalue weighted by Crippen LogP contribution is -2.56. The maximum atomic E-state index is 12.1. The maximum absolute atomic E-state index is 12.1. The Kier molecular flexibility index (Phi) is 6.43. The van der Waals surface area contributed by atoms with E-state index in [0.29, 0.717) is 26.2 Å². The number of hydrazine groups is 1. The summed E-state index contributed by atoms with van der Waals surface area (Å²) in [5.41, 5.74) is 3.15. The average molecular weight is 362 g/mol. The van der Waals surface area contributed by atoms with Crippen LogP contribution in [0.4, 0.5) is 0 Å². The number of hydrogen-bond donors (Lipinski definition) is 3. The van der Waals surface area contributed by atoms with E-state index in [4.69, 9.17) is 15.3 Å². The number of amides is 2. The Morgan fingerprint density at radius 3 is 2.88 bits per heavy atom. The predicted octanol–water partition coefficient (Wildman–Crippen LogP) is -0.0752. The number of ether oxygens (including phenoxy) is 2. The minimum Gasteiger partial charge on any atom is -0.491 e. The molecule has 2 amide bonds. The fourth-order valence-corrected chi connectivity index (χ4v) is 3.30. The molecule has 8 nitrogen and oxygen atoms in total. The molecule has 2 atom stereocenters.